The lowest BCUT2D eigenvalue weighted by Gasteiger charge is -2.15. The first kappa shape index (κ1) is 17.1. The Balaban J connectivity index is 1.43. The van der Waals surface area contributed by atoms with Gasteiger partial charge in [-0.1, -0.05) is 18.2 Å². The van der Waals surface area contributed by atoms with Gasteiger partial charge in [0, 0.05) is 41.9 Å². The third kappa shape index (κ3) is 3.62. The maximum Gasteiger partial charge on any atom is 0.0679 e. The summed E-state index contributed by atoms with van der Waals surface area (Å²) in [5.74, 6) is 0. The van der Waals surface area contributed by atoms with Crippen LogP contribution in [0.25, 0.3) is 10.9 Å². The van der Waals surface area contributed by atoms with E-state index in [1.165, 1.54) is 33.3 Å². The smallest absolute Gasteiger partial charge is 0.0679 e. The van der Waals surface area contributed by atoms with E-state index in [0.717, 1.165) is 38.3 Å². The number of likely N-dealkylation sites (tertiary alicyclic amines) is 1. The molecule has 0 spiro atoms. The summed E-state index contributed by atoms with van der Waals surface area (Å²) in [6, 6.07) is 15.2. The summed E-state index contributed by atoms with van der Waals surface area (Å²) >= 11 is 0. The minimum Gasteiger partial charge on any atom is -0.392 e. The Morgan fingerprint density at radius 2 is 2.08 bits per heavy atom. The number of aromatic amines is 1. The number of aromatic nitrogens is 1. The van der Waals surface area contributed by atoms with Crippen LogP contribution in [0, 0.1) is 13.8 Å². The third-order valence-electron chi connectivity index (χ3n) is 5.46. The van der Waals surface area contributed by atoms with Crippen LogP contribution in [0.1, 0.15) is 28.8 Å². The first-order valence-corrected chi connectivity index (χ1v) is 9.39. The molecule has 26 heavy (non-hydrogen) atoms. The molecule has 0 amide bonds. The number of aryl methyl sites for hydroxylation is 2. The topological polar surface area (TPSA) is 51.3 Å². The average Bonchev–Trinajstić information content (AvgIpc) is 3.23. The highest BCUT2D eigenvalue weighted by molar-refractivity contribution is 5.84. The molecule has 1 aromatic heterocycles. The number of anilines is 1. The summed E-state index contributed by atoms with van der Waals surface area (Å²) in [6.07, 6.45) is 0.724. The van der Waals surface area contributed by atoms with Crippen LogP contribution in [0.5, 0.6) is 0 Å². The van der Waals surface area contributed by atoms with Gasteiger partial charge in [0.1, 0.15) is 0 Å². The van der Waals surface area contributed by atoms with E-state index in [9.17, 15) is 5.11 Å². The van der Waals surface area contributed by atoms with Crippen LogP contribution in [0.3, 0.4) is 0 Å². The van der Waals surface area contributed by atoms with Gasteiger partial charge in [0.15, 0.2) is 0 Å². The fourth-order valence-corrected chi connectivity index (χ4v) is 3.80. The molecule has 136 valence electrons. The van der Waals surface area contributed by atoms with Crippen molar-refractivity contribution in [1.82, 2.24) is 9.88 Å². The molecule has 1 aliphatic rings. The van der Waals surface area contributed by atoms with Crippen LogP contribution in [0.15, 0.2) is 42.5 Å². The van der Waals surface area contributed by atoms with E-state index in [-0.39, 0.29) is 6.10 Å². The number of benzene rings is 2. The lowest BCUT2D eigenvalue weighted by atomic mass is 10.1. The fraction of sp³-hybridized carbons (Fsp3) is 0.364. The molecule has 4 rings (SSSR count). The number of rotatable bonds is 5. The molecular formula is C22H27N3O. The Kier molecular flexibility index (Phi) is 4.70. The highest BCUT2D eigenvalue weighted by Gasteiger charge is 2.19. The van der Waals surface area contributed by atoms with Crippen molar-refractivity contribution in [2.75, 3.05) is 18.4 Å². The first-order chi connectivity index (χ1) is 12.6. The van der Waals surface area contributed by atoms with Crippen LogP contribution < -0.4 is 5.32 Å². The molecule has 3 aromatic rings. The largest absolute Gasteiger partial charge is 0.392 e. The van der Waals surface area contributed by atoms with E-state index < -0.39 is 0 Å². The van der Waals surface area contributed by atoms with Crippen LogP contribution in [-0.4, -0.2) is 34.2 Å². The number of hydrogen-bond donors (Lipinski definition) is 3. The van der Waals surface area contributed by atoms with E-state index in [2.05, 4.69) is 71.5 Å². The summed E-state index contributed by atoms with van der Waals surface area (Å²) in [6.45, 7) is 7.78. The highest BCUT2D eigenvalue weighted by atomic mass is 16.3. The molecule has 0 aliphatic carbocycles. The van der Waals surface area contributed by atoms with Gasteiger partial charge < -0.3 is 15.4 Å². The van der Waals surface area contributed by atoms with Crippen LogP contribution >= 0.6 is 0 Å². The van der Waals surface area contributed by atoms with E-state index in [4.69, 9.17) is 0 Å². The number of nitrogens with zero attached hydrogens (tertiary/aromatic N) is 1. The minimum absolute atomic E-state index is 0.162. The number of H-pyrrole nitrogens is 1. The van der Waals surface area contributed by atoms with Gasteiger partial charge in [-0.25, -0.2) is 0 Å². The zero-order valence-electron chi connectivity index (χ0n) is 15.5. The zero-order chi connectivity index (χ0) is 18.1. The van der Waals surface area contributed by atoms with Crippen LogP contribution in [0.4, 0.5) is 5.69 Å². The lowest BCUT2D eigenvalue weighted by molar-refractivity contribution is 0.175. The zero-order valence-corrected chi connectivity index (χ0v) is 15.5. The number of β-amino-alcohol motifs (C(OH)–C–C–N with tert-alkyl or cyclic N) is 1. The second kappa shape index (κ2) is 7.14. The normalized spacial score (nSPS) is 17.9. The highest BCUT2D eigenvalue weighted by Crippen LogP contribution is 2.23. The standard InChI is InChI=1S/C22H27N3O/c1-15-6-7-22-21(16(15)2)11-19(24-22)12-23-18-5-3-4-17(10-18)13-25-9-8-20(26)14-25/h3-7,10-11,20,23-24,26H,8-9,12-14H2,1-2H3. The van der Waals surface area contributed by atoms with Gasteiger partial charge in [0.05, 0.1) is 12.6 Å². The Morgan fingerprint density at radius 3 is 2.88 bits per heavy atom. The van der Waals surface area contributed by atoms with E-state index in [1.807, 2.05) is 0 Å². The molecule has 1 atom stereocenters. The predicted molar refractivity (Wildman–Crippen MR) is 107 cm³/mol. The van der Waals surface area contributed by atoms with E-state index >= 15 is 0 Å². The van der Waals surface area contributed by atoms with Crippen LogP contribution in [0.2, 0.25) is 0 Å². The number of hydrogen-bond acceptors (Lipinski definition) is 3. The SMILES string of the molecule is Cc1ccc2[nH]c(CNc3cccc(CN4CCC(O)C4)c3)cc2c1C. The lowest BCUT2D eigenvalue weighted by Crippen LogP contribution is -2.21. The van der Waals surface area contributed by atoms with Crippen molar-refractivity contribution in [2.24, 2.45) is 0 Å². The van der Waals surface area contributed by atoms with Gasteiger partial charge in [-0.2, -0.15) is 0 Å². The van der Waals surface area contributed by atoms with E-state index in [0.29, 0.717) is 0 Å². The molecule has 1 fully saturated rings. The Bertz CT molecular complexity index is 915. The van der Waals surface area contributed by atoms with Gasteiger partial charge in [0.25, 0.3) is 0 Å². The summed E-state index contributed by atoms with van der Waals surface area (Å²) in [7, 11) is 0. The first-order valence-electron chi connectivity index (χ1n) is 9.39. The minimum atomic E-state index is -0.162. The molecule has 1 unspecified atom stereocenters. The molecule has 2 heterocycles. The fourth-order valence-electron chi connectivity index (χ4n) is 3.80. The Morgan fingerprint density at radius 1 is 1.19 bits per heavy atom. The molecule has 0 radical (unpaired) electrons. The molecule has 4 heteroatoms. The molecular weight excluding hydrogens is 322 g/mol. The van der Waals surface area contributed by atoms with Crippen molar-refractivity contribution < 1.29 is 5.11 Å². The van der Waals surface area contributed by atoms with Crippen molar-refractivity contribution in [1.29, 1.82) is 0 Å². The summed E-state index contributed by atoms with van der Waals surface area (Å²) in [5, 5.41) is 14.5. The molecule has 1 aliphatic heterocycles. The molecule has 1 saturated heterocycles. The Labute approximate surface area is 154 Å². The maximum atomic E-state index is 9.68. The van der Waals surface area contributed by atoms with Gasteiger partial charge in [-0.05, 0) is 61.2 Å². The number of nitrogens with one attached hydrogen (secondary N) is 2. The summed E-state index contributed by atoms with van der Waals surface area (Å²) in [5.41, 5.74) is 7.49. The summed E-state index contributed by atoms with van der Waals surface area (Å²) in [4.78, 5) is 5.83. The Hall–Kier alpha value is -2.30. The third-order valence-corrected chi connectivity index (χ3v) is 5.46. The van der Waals surface area contributed by atoms with Gasteiger partial charge in [-0.15, -0.1) is 0 Å². The van der Waals surface area contributed by atoms with E-state index in [1.54, 1.807) is 0 Å². The number of fused-ring (bicyclic) bond motifs is 1. The van der Waals surface area contributed by atoms with Crippen molar-refractivity contribution in [2.45, 2.75) is 39.5 Å². The predicted octanol–water partition coefficient (Wildman–Crippen LogP) is 3.96. The second-order valence-electron chi connectivity index (χ2n) is 7.49. The monoisotopic (exact) mass is 349 g/mol. The molecule has 2 aromatic carbocycles. The molecule has 0 bridgehead atoms. The van der Waals surface area contributed by atoms with Crippen molar-refractivity contribution in [3.8, 4) is 0 Å². The van der Waals surface area contributed by atoms with Crippen molar-refractivity contribution in [3.05, 3.63) is 64.8 Å². The molecule has 3 N–H and O–H groups in total. The molecule has 0 saturated carbocycles. The quantitative estimate of drug-likeness (QED) is 0.653. The van der Waals surface area contributed by atoms with Gasteiger partial charge in [-0.3, -0.25) is 4.90 Å². The van der Waals surface area contributed by atoms with Gasteiger partial charge >= 0.3 is 0 Å². The number of aliphatic hydroxyl groups excluding tert-OH is 1. The summed E-state index contributed by atoms with van der Waals surface area (Å²) < 4.78 is 0. The van der Waals surface area contributed by atoms with Crippen molar-refractivity contribution >= 4 is 16.6 Å². The maximum absolute atomic E-state index is 9.68. The molecule has 4 nitrogen and oxygen atoms in total. The van der Waals surface area contributed by atoms with Crippen molar-refractivity contribution in [3.63, 3.8) is 0 Å². The van der Waals surface area contributed by atoms with Gasteiger partial charge in [0.2, 0.25) is 0 Å². The average molecular weight is 349 g/mol. The number of aliphatic hydroxyl groups is 1. The van der Waals surface area contributed by atoms with Crippen LogP contribution in [-0.2, 0) is 13.1 Å². The second-order valence-corrected chi connectivity index (χ2v) is 7.49.